The summed E-state index contributed by atoms with van der Waals surface area (Å²) < 4.78 is 61.1. The number of rotatable bonds is 23. The molecule has 0 spiro atoms. The molecule has 15 atom stereocenters. The van der Waals surface area contributed by atoms with E-state index in [4.69, 9.17) is 10.5 Å². The minimum absolute atomic E-state index is 0.0185. The summed E-state index contributed by atoms with van der Waals surface area (Å²) >= 11 is 1.10. The van der Waals surface area contributed by atoms with E-state index in [0.717, 1.165) is 53.8 Å². The van der Waals surface area contributed by atoms with Gasteiger partial charge in [-0.2, -0.15) is 0 Å². The zero-order chi connectivity index (χ0) is 55.1. The van der Waals surface area contributed by atoms with Gasteiger partial charge in [0, 0.05) is 43.5 Å². The third kappa shape index (κ3) is 13.4. The second-order valence-corrected chi connectivity index (χ2v) is 26.4. The molecule has 4 aliphatic carbocycles. The van der Waals surface area contributed by atoms with E-state index in [-0.39, 0.29) is 76.0 Å². The van der Waals surface area contributed by atoms with Crippen LogP contribution in [0.2, 0.25) is 0 Å². The zero-order valence-electron chi connectivity index (χ0n) is 41.9. The highest BCUT2D eigenvalue weighted by atomic mass is 32.2. The van der Waals surface area contributed by atoms with E-state index < -0.39 is 90.7 Å². The van der Waals surface area contributed by atoms with Crippen LogP contribution in [0.3, 0.4) is 0 Å². The highest BCUT2D eigenvalue weighted by Crippen LogP contribution is 2.66. The van der Waals surface area contributed by atoms with Gasteiger partial charge in [-0.1, -0.05) is 58.5 Å². The van der Waals surface area contributed by atoms with Gasteiger partial charge in [0.05, 0.1) is 33.5 Å². The molecule has 3 fully saturated rings. The van der Waals surface area contributed by atoms with Gasteiger partial charge in [0.25, 0.3) is 15.6 Å². The Kier molecular flexibility index (Phi) is 18.3. The van der Waals surface area contributed by atoms with Gasteiger partial charge in [0.2, 0.25) is 11.8 Å². The van der Waals surface area contributed by atoms with Crippen LogP contribution in [0.4, 0.5) is 5.82 Å². The highest BCUT2D eigenvalue weighted by Gasteiger charge is 2.62. The lowest BCUT2D eigenvalue weighted by molar-refractivity contribution is -0.347. The van der Waals surface area contributed by atoms with Gasteiger partial charge in [-0.25, -0.2) is 19.3 Å². The Hall–Kier alpha value is -3.33. The maximum atomic E-state index is 12.9. The number of carbonyl (C=O) groups is 4. The first kappa shape index (κ1) is 59.3. The Morgan fingerprint density at radius 1 is 1.03 bits per heavy atom. The second-order valence-electron chi connectivity index (χ2n) is 21.2. The molecule has 1 aliphatic heterocycles. The van der Waals surface area contributed by atoms with Gasteiger partial charge >= 0.3 is 0 Å². The molecule has 2 amide bonds. The summed E-state index contributed by atoms with van der Waals surface area (Å²) in [5.74, 6) is 0.246. The monoisotopic (exact) mass is 1130 g/mol. The molecule has 30 heteroatoms. The number of amides is 2. The van der Waals surface area contributed by atoms with Gasteiger partial charge in [-0.3, -0.25) is 32.9 Å². The molecule has 7 rings (SSSR count). The molecule has 2 aromatic heterocycles. The smallest absolute Gasteiger partial charge is 0.274 e. The predicted octanol–water partition coefficient (Wildman–Crippen LogP) is 0.448. The molecular weight excluding hydrogens is 1070 g/mol. The molecule has 5 aliphatic rings. The highest BCUT2D eigenvalue weighted by molar-refractivity contribution is 8.13. The number of thioether (sulfide) groups is 1. The summed E-state index contributed by atoms with van der Waals surface area (Å²) in [6.45, 7) is 6.66. The van der Waals surface area contributed by atoms with Crippen molar-refractivity contribution in [3.05, 3.63) is 36.5 Å². The Labute approximate surface area is 436 Å². The number of fused-ring (bicyclic) bond motifs is 6. The van der Waals surface area contributed by atoms with E-state index in [0.29, 0.717) is 43.3 Å². The van der Waals surface area contributed by atoms with Gasteiger partial charge in [-0.05, 0) is 84.2 Å². The number of phosphoric acid groups is 3. The molecule has 7 N–H and O–H groups in total. The number of anilines is 1. The lowest BCUT2D eigenvalue weighted by atomic mass is 9.47. The van der Waals surface area contributed by atoms with Crippen LogP contribution in [0.1, 0.15) is 92.2 Å². The van der Waals surface area contributed by atoms with Crippen LogP contribution in [-0.2, 0) is 55.5 Å². The summed E-state index contributed by atoms with van der Waals surface area (Å²) in [6, 6.07) is 0. The minimum Gasteiger partial charge on any atom is -0.790 e. The molecule has 0 bridgehead atoms. The van der Waals surface area contributed by atoms with E-state index in [2.05, 4.69) is 76.4 Å². The average Bonchev–Trinajstić information content (AvgIpc) is 4.01. The number of hydrogen-bond acceptors (Lipinski definition) is 24. The van der Waals surface area contributed by atoms with Crippen molar-refractivity contribution in [1.29, 1.82) is 0 Å². The molecule has 2 unspecified atom stereocenters. The van der Waals surface area contributed by atoms with Crippen LogP contribution in [-0.4, -0.2) is 120 Å². The molecule has 2 aromatic rings. The SMILES string of the molecule is C[C@H](CCC(=O)SCCNC(=O)CCNC(=O)[C@H](O)C(C)(C)COP(=O)([O-])OP(=O)([O-])OC[C@H]1O[C@@H](n2cnc3c(N)ncnc32)[C@H](O)[C@@H]1OP(=O)([O-])[O-])[C@H]1CC[C@H]2[C@@H]3C=CC4=CC(=O)CC[C@]4(C)[C@H]3C[C@H](O)[C@]12C. The number of nitrogens with zero attached hydrogens (tertiary/aromatic N) is 4. The summed E-state index contributed by atoms with van der Waals surface area (Å²) in [5, 5.41) is 38.4. The average molecular weight is 1130 g/mol. The Morgan fingerprint density at radius 3 is 2.47 bits per heavy atom. The molecule has 0 aromatic carbocycles. The quantitative estimate of drug-likeness (QED) is 0.0650. The number of aliphatic hydroxyl groups excluding tert-OH is 3. The standard InChI is InChI=1S/C45H68N7O19P3S/c1-24(28-9-10-29-27-8-7-25-18-26(53)12-14-44(25,4)30(27)19-32(54)45(28,29)5)6-11-34(56)75-17-16-47-33(55)13-15-48-41(59)38(58)43(2,3)21-68-74(65,66)71-73(63,64)67-20-31-37(70-72(60,61)62)36(57)42(69-31)52-23-51-35-39(46)49-22-50-40(35)52/h7-8,18,22-24,27-32,36-38,42,54,57-58H,6,9-17,19-21H2,1-5H3,(H,47,55)(H,48,59)(H,63,64)(H,65,66)(H2,46,49,50)(H2,60,61,62)/p-4/t24-,27+,28-,29+,30+,31-,32+,36-,37-,38+,42-,44+,45-/m1/s1. The van der Waals surface area contributed by atoms with Crippen molar-refractivity contribution < 1.29 is 90.4 Å². The summed E-state index contributed by atoms with van der Waals surface area (Å²) in [7, 11) is -17.7. The van der Waals surface area contributed by atoms with Crippen molar-refractivity contribution in [3.63, 3.8) is 0 Å². The fourth-order valence-corrected chi connectivity index (χ4v) is 15.3. The number of aliphatic hydroxyl groups is 3. The molecule has 1 saturated heterocycles. The molecule has 75 heavy (non-hydrogen) atoms. The fourth-order valence-electron chi connectivity index (χ4n) is 11.8. The first-order chi connectivity index (χ1) is 35.0. The third-order valence-corrected chi connectivity index (χ3v) is 19.9. The first-order valence-corrected chi connectivity index (χ1v) is 29.9. The van der Waals surface area contributed by atoms with E-state index in [1.54, 1.807) is 6.08 Å². The maximum Gasteiger partial charge on any atom is 0.274 e. The third-order valence-electron chi connectivity index (χ3n) is 15.9. The number of carbonyl (C=O) groups excluding carboxylic acids is 4. The van der Waals surface area contributed by atoms with Crippen LogP contribution >= 0.6 is 35.2 Å². The van der Waals surface area contributed by atoms with Gasteiger partial charge in [0.1, 0.15) is 36.3 Å². The van der Waals surface area contributed by atoms with E-state index in [1.807, 2.05) is 0 Å². The van der Waals surface area contributed by atoms with Crippen LogP contribution in [0.25, 0.3) is 11.2 Å². The van der Waals surface area contributed by atoms with Crippen LogP contribution < -0.4 is 35.9 Å². The number of ketones is 1. The Balaban J connectivity index is 0.785. The molecule has 3 heterocycles. The number of hydrogen-bond donors (Lipinski definition) is 6. The number of nitrogens with one attached hydrogen (secondary N) is 2. The van der Waals surface area contributed by atoms with E-state index in [1.165, 1.54) is 13.8 Å². The Bertz CT molecular complexity index is 2690. The minimum atomic E-state index is -5.94. The van der Waals surface area contributed by atoms with Gasteiger partial charge in [0.15, 0.2) is 28.6 Å². The summed E-state index contributed by atoms with van der Waals surface area (Å²) in [5.41, 5.74) is 4.73. The lowest BCUT2D eigenvalue weighted by Gasteiger charge is -2.58. The molecular formula is C45H64N7O19P3S-4. The normalized spacial score (nSPS) is 32.1. The number of phosphoric ester groups is 3. The van der Waals surface area contributed by atoms with Gasteiger partial charge in [-0.15, -0.1) is 0 Å². The largest absolute Gasteiger partial charge is 0.790 e. The number of nitrogens with two attached hydrogens (primary N) is 1. The maximum absolute atomic E-state index is 12.9. The Morgan fingerprint density at radius 2 is 1.75 bits per heavy atom. The van der Waals surface area contributed by atoms with Crippen molar-refractivity contribution in [2.45, 2.75) is 123 Å². The molecule has 0 radical (unpaired) electrons. The summed E-state index contributed by atoms with van der Waals surface area (Å²) in [4.78, 5) is 110. The van der Waals surface area contributed by atoms with Crippen LogP contribution in [0, 0.1) is 45.8 Å². The predicted molar refractivity (Wildman–Crippen MR) is 258 cm³/mol. The van der Waals surface area contributed by atoms with Gasteiger partial charge < -0.3 is 74.1 Å². The summed E-state index contributed by atoms with van der Waals surface area (Å²) in [6.07, 6.45) is 3.04. The first-order valence-electron chi connectivity index (χ1n) is 24.5. The van der Waals surface area contributed by atoms with Crippen LogP contribution in [0.15, 0.2) is 36.5 Å². The fraction of sp³-hybridized carbons (Fsp3) is 0.711. The second kappa shape index (κ2) is 23.2. The molecule has 418 valence electrons. The van der Waals surface area contributed by atoms with Crippen LogP contribution in [0.5, 0.6) is 0 Å². The topological polar surface area (TPSA) is 412 Å². The number of ether oxygens (including phenoxy) is 1. The number of allylic oxidation sites excluding steroid dienone is 4. The van der Waals surface area contributed by atoms with Crippen molar-refractivity contribution in [1.82, 2.24) is 30.2 Å². The lowest BCUT2D eigenvalue weighted by Crippen LogP contribution is -2.55. The number of imidazole rings is 1. The van der Waals surface area contributed by atoms with Crippen molar-refractivity contribution in [2.75, 3.05) is 37.8 Å². The van der Waals surface area contributed by atoms with E-state index in [9.17, 15) is 67.8 Å². The number of aromatic nitrogens is 4. The van der Waals surface area contributed by atoms with Crippen molar-refractivity contribution >= 4 is 74.9 Å². The van der Waals surface area contributed by atoms with Crippen molar-refractivity contribution in [3.8, 4) is 0 Å². The number of nitrogen functional groups attached to an aromatic ring is 1. The van der Waals surface area contributed by atoms with E-state index >= 15 is 0 Å². The van der Waals surface area contributed by atoms with Crippen molar-refractivity contribution in [2.24, 2.45) is 45.8 Å². The zero-order valence-corrected chi connectivity index (χ0v) is 45.4. The molecule has 26 nitrogen and oxygen atoms in total. The molecule has 2 saturated carbocycles.